The molecule has 0 aliphatic heterocycles. The molecular weight excluding hydrogens is 368 g/mol. The predicted molar refractivity (Wildman–Crippen MR) is 106 cm³/mol. The Bertz CT molecular complexity index is 810. The van der Waals surface area contributed by atoms with Crippen LogP contribution in [0.5, 0.6) is 11.5 Å². The molecule has 144 valence electrons. The molecule has 2 rings (SSSR count). The van der Waals surface area contributed by atoms with Crippen LogP contribution in [0, 0.1) is 0 Å². The first-order valence-corrected chi connectivity index (χ1v) is 8.81. The van der Waals surface area contributed by atoms with Gasteiger partial charge in [-0.3, -0.25) is 9.59 Å². The monoisotopic (exact) mass is 390 g/mol. The third-order valence-electron chi connectivity index (χ3n) is 4.01. The number of nitrogens with one attached hydrogen (secondary N) is 1. The second-order valence-corrected chi connectivity index (χ2v) is 6.42. The van der Waals surface area contributed by atoms with Crippen LogP contribution in [0.25, 0.3) is 0 Å². The summed E-state index contributed by atoms with van der Waals surface area (Å²) >= 11 is 5.90. The Hall–Kier alpha value is -2.73. The highest BCUT2D eigenvalue weighted by Crippen LogP contribution is 2.25. The Morgan fingerprint density at radius 3 is 2.56 bits per heavy atom. The smallest absolute Gasteiger partial charge is 0.243 e. The zero-order valence-corrected chi connectivity index (χ0v) is 16.4. The molecule has 7 heteroatoms. The Kier molecular flexibility index (Phi) is 7.49. The summed E-state index contributed by atoms with van der Waals surface area (Å²) < 4.78 is 10.5. The number of ether oxygens (including phenoxy) is 2. The molecule has 27 heavy (non-hydrogen) atoms. The summed E-state index contributed by atoms with van der Waals surface area (Å²) in [6.45, 7) is -0.0411. The van der Waals surface area contributed by atoms with Gasteiger partial charge in [0.25, 0.3) is 0 Å². The molecule has 6 nitrogen and oxygen atoms in total. The first kappa shape index (κ1) is 20.6. The fraction of sp³-hybridized carbons (Fsp3) is 0.300. The maximum Gasteiger partial charge on any atom is 0.243 e. The van der Waals surface area contributed by atoms with E-state index in [9.17, 15) is 9.59 Å². The normalized spacial score (nSPS) is 10.2. The Labute approximate surface area is 164 Å². The molecule has 2 aromatic rings. The summed E-state index contributed by atoms with van der Waals surface area (Å²) in [6, 6.07) is 12.3. The molecular formula is C20H23ClN2O4. The molecule has 0 fully saturated rings. The van der Waals surface area contributed by atoms with Crippen LogP contribution in [0.2, 0.25) is 5.02 Å². The van der Waals surface area contributed by atoms with Crippen molar-refractivity contribution in [1.29, 1.82) is 0 Å². The molecule has 0 saturated carbocycles. The molecule has 0 radical (unpaired) electrons. The van der Waals surface area contributed by atoms with Crippen LogP contribution in [0.1, 0.15) is 12.0 Å². The number of halogens is 1. The summed E-state index contributed by atoms with van der Waals surface area (Å²) in [7, 11) is 4.77. The van der Waals surface area contributed by atoms with E-state index < -0.39 is 0 Å². The molecule has 2 amide bonds. The zero-order chi connectivity index (χ0) is 19.8. The fourth-order valence-electron chi connectivity index (χ4n) is 2.58. The quantitative estimate of drug-likeness (QED) is 0.750. The van der Waals surface area contributed by atoms with E-state index in [2.05, 4.69) is 5.32 Å². The summed E-state index contributed by atoms with van der Waals surface area (Å²) in [5.74, 6) is 0.977. The van der Waals surface area contributed by atoms with Crippen molar-refractivity contribution in [2.45, 2.75) is 12.8 Å². The van der Waals surface area contributed by atoms with Crippen molar-refractivity contribution < 1.29 is 19.1 Å². The van der Waals surface area contributed by atoms with Crippen molar-refractivity contribution >= 4 is 29.1 Å². The molecule has 0 atom stereocenters. The number of amides is 2. The lowest BCUT2D eigenvalue weighted by Crippen LogP contribution is -2.35. The summed E-state index contributed by atoms with van der Waals surface area (Å²) in [6.07, 6.45) is 0.740. The van der Waals surface area contributed by atoms with Crippen molar-refractivity contribution in [2.75, 3.05) is 33.1 Å². The number of likely N-dealkylation sites (N-methyl/N-ethyl adjacent to an activating group) is 1. The van der Waals surface area contributed by atoms with E-state index in [1.165, 1.54) is 4.90 Å². The van der Waals surface area contributed by atoms with Crippen LogP contribution in [0.4, 0.5) is 5.69 Å². The standard InChI is InChI=1S/C20H23ClN2O4/c1-23(13-19(24)22-16-6-4-5-15(21)12-16)20(25)10-7-14-11-17(26-2)8-9-18(14)27-3/h4-6,8-9,11-12H,7,10,13H2,1-3H3,(H,22,24). The molecule has 2 aromatic carbocycles. The van der Waals surface area contributed by atoms with Gasteiger partial charge in [-0.05, 0) is 48.4 Å². The van der Waals surface area contributed by atoms with Crippen molar-refractivity contribution in [2.24, 2.45) is 0 Å². The highest BCUT2D eigenvalue weighted by atomic mass is 35.5. The summed E-state index contributed by atoms with van der Waals surface area (Å²) in [5, 5.41) is 3.25. The fourth-order valence-corrected chi connectivity index (χ4v) is 2.77. The van der Waals surface area contributed by atoms with Gasteiger partial charge in [0, 0.05) is 24.2 Å². The van der Waals surface area contributed by atoms with E-state index in [1.807, 2.05) is 6.07 Å². The third-order valence-corrected chi connectivity index (χ3v) is 4.25. The van der Waals surface area contributed by atoms with Gasteiger partial charge < -0.3 is 19.7 Å². The van der Waals surface area contributed by atoms with Gasteiger partial charge in [-0.25, -0.2) is 0 Å². The molecule has 0 saturated heterocycles. The Morgan fingerprint density at radius 2 is 1.89 bits per heavy atom. The molecule has 0 heterocycles. The van der Waals surface area contributed by atoms with Crippen LogP contribution in [-0.4, -0.2) is 44.5 Å². The molecule has 0 aliphatic carbocycles. The van der Waals surface area contributed by atoms with Crippen molar-refractivity contribution in [3.05, 3.63) is 53.1 Å². The number of methoxy groups -OCH3 is 2. The number of rotatable bonds is 8. The van der Waals surface area contributed by atoms with Gasteiger partial charge >= 0.3 is 0 Å². The lowest BCUT2D eigenvalue weighted by Gasteiger charge is -2.17. The van der Waals surface area contributed by atoms with Gasteiger partial charge in [0.05, 0.1) is 20.8 Å². The van der Waals surface area contributed by atoms with Crippen LogP contribution in [0.15, 0.2) is 42.5 Å². The van der Waals surface area contributed by atoms with Gasteiger partial charge in [-0.1, -0.05) is 17.7 Å². The van der Waals surface area contributed by atoms with Crippen LogP contribution >= 0.6 is 11.6 Å². The highest BCUT2D eigenvalue weighted by Gasteiger charge is 2.15. The number of carbonyl (C=O) groups excluding carboxylic acids is 2. The number of hydrogen-bond acceptors (Lipinski definition) is 4. The molecule has 0 bridgehead atoms. The van der Waals surface area contributed by atoms with Gasteiger partial charge in [0.15, 0.2) is 0 Å². The van der Waals surface area contributed by atoms with Crippen molar-refractivity contribution in [3.63, 3.8) is 0 Å². The second-order valence-electron chi connectivity index (χ2n) is 5.99. The van der Waals surface area contributed by atoms with Crippen LogP contribution < -0.4 is 14.8 Å². The first-order valence-electron chi connectivity index (χ1n) is 8.43. The van der Waals surface area contributed by atoms with E-state index in [-0.39, 0.29) is 24.8 Å². The molecule has 1 N–H and O–H groups in total. The SMILES string of the molecule is COc1ccc(OC)c(CCC(=O)N(C)CC(=O)Nc2cccc(Cl)c2)c1. The predicted octanol–water partition coefficient (Wildman–Crippen LogP) is 3.39. The molecule has 0 aromatic heterocycles. The first-order chi connectivity index (χ1) is 12.9. The summed E-state index contributed by atoms with van der Waals surface area (Å²) in [5.41, 5.74) is 1.47. The number of aryl methyl sites for hydroxylation is 1. The van der Waals surface area contributed by atoms with Crippen molar-refractivity contribution in [3.8, 4) is 11.5 Å². The summed E-state index contributed by atoms with van der Waals surface area (Å²) in [4.78, 5) is 25.9. The maximum absolute atomic E-state index is 12.4. The molecule has 0 aliphatic rings. The third kappa shape index (κ3) is 6.18. The Balaban J connectivity index is 1.89. The number of hydrogen-bond donors (Lipinski definition) is 1. The largest absolute Gasteiger partial charge is 0.497 e. The van der Waals surface area contributed by atoms with Crippen LogP contribution in [-0.2, 0) is 16.0 Å². The number of nitrogens with zero attached hydrogens (tertiary/aromatic N) is 1. The van der Waals surface area contributed by atoms with Gasteiger partial charge in [0.2, 0.25) is 11.8 Å². The number of anilines is 1. The van der Waals surface area contributed by atoms with Gasteiger partial charge in [-0.15, -0.1) is 0 Å². The van der Waals surface area contributed by atoms with E-state index in [0.717, 1.165) is 5.56 Å². The Morgan fingerprint density at radius 1 is 1.11 bits per heavy atom. The second kappa shape index (κ2) is 9.83. The minimum Gasteiger partial charge on any atom is -0.497 e. The van der Waals surface area contributed by atoms with Crippen molar-refractivity contribution in [1.82, 2.24) is 4.90 Å². The average Bonchev–Trinajstić information content (AvgIpc) is 2.65. The van der Waals surface area contributed by atoms with E-state index in [4.69, 9.17) is 21.1 Å². The topological polar surface area (TPSA) is 67.9 Å². The average molecular weight is 391 g/mol. The number of carbonyl (C=O) groups is 2. The van der Waals surface area contributed by atoms with E-state index in [1.54, 1.807) is 57.7 Å². The highest BCUT2D eigenvalue weighted by molar-refractivity contribution is 6.30. The minimum atomic E-state index is -0.285. The maximum atomic E-state index is 12.4. The van der Waals surface area contributed by atoms with Gasteiger partial charge in [-0.2, -0.15) is 0 Å². The lowest BCUT2D eigenvalue weighted by molar-refractivity contribution is -0.133. The van der Waals surface area contributed by atoms with E-state index in [0.29, 0.717) is 28.6 Å². The lowest BCUT2D eigenvalue weighted by atomic mass is 10.1. The van der Waals surface area contributed by atoms with Crippen LogP contribution in [0.3, 0.4) is 0 Å². The molecule has 0 unspecified atom stereocenters. The number of benzene rings is 2. The minimum absolute atomic E-state index is 0.0411. The molecule has 0 spiro atoms. The van der Waals surface area contributed by atoms with E-state index >= 15 is 0 Å². The zero-order valence-electron chi connectivity index (χ0n) is 15.6. The van der Waals surface area contributed by atoms with Gasteiger partial charge in [0.1, 0.15) is 11.5 Å².